The van der Waals surface area contributed by atoms with Gasteiger partial charge in [-0.25, -0.2) is 0 Å². The summed E-state index contributed by atoms with van der Waals surface area (Å²) in [5.41, 5.74) is 5.24. The van der Waals surface area contributed by atoms with E-state index in [1.807, 2.05) is 0 Å². The molecule has 0 unspecified atom stereocenters. The van der Waals surface area contributed by atoms with Crippen LogP contribution in [0.25, 0.3) is 0 Å². The second-order valence-electron chi connectivity index (χ2n) is 13.2. The Bertz CT molecular complexity index is 1280. The number of hydrogen-bond donors (Lipinski definition) is 11. The first-order valence-electron chi connectivity index (χ1n) is 16.7. The largest absolute Gasteiger partial charge is 0.480 e. The molecule has 0 saturated carbocycles. The fraction of sp³-hybridized carbons (Fsp3) is 0.710. The van der Waals surface area contributed by atoms with Crippen LogP contribution < -0.4 is 48.3 Å². The van der Waals surface area contributed by atoms with Crippen molar-refractivity contribution in [1.82, 2.24) is 42.5 Å². The Labute approximate surface area is 295 Å². The van der Waals surface area contributed by atoms with Crippen LogP contribution in [0.4, 0.5) is 0 Å². The third-order valence-corrected chi connectivity index (χ3v) is 7.47. The lowest BCUT2D eigenvalue weighted by Crippen LogP contribution is -2.57. The highest BCUT2D eigenvalue weighted by molar-refractivity contribution is 5.96. The molecule has 1 aliphatic heterocycles. The van der Waals surface area contributed by atoms with Crippen molar-refractivity contribution in [2.45, 2.75) is 103 Å². The number of nitrogens with two attached hydrogens (primary N) is 1. The zero-order valence-corrected chi connectivity index (χ0v) is 29.6. The number of carboxylic acids is 1. The van der Waals surface area contributed by atoms with E-state index in [1.54, 1.807) is 27.7 Å². The Morgan fingerprint density at radius 2 is 1.20 bits per heavy atom. The molecule has 8 amide bonds. The maximum absolute atomic E-state index is 13.3. The molecule has 1 rings (SSSR count). The summed E-state index contributed by atoms with van der Waals surface area (Å²) in [5.74, 6) is -7.27. The first-order chi connectivity index (χ1) is 23.8. The van der Waals surface area contributed by atoms with Crippen LogP contribution in [0.15, 0.2) is 0 Å². The van der Waals surface area contributed by atoms with Crippen LogP contribution in [-0.4, -0.2) is 126 Å². The number of hydrogen-bond acceptors (Lipinski definition) is 11. The van der Waals surface area contributed by atoms with Crippen molar-refractivity contribution in [2.24, 2.45) is 17.6 Å². The molecule has 0 spiro atoms. The molecule has 288 valence electrons. The van der Waals surface area contributed by atoms with Crippen molar-refractivity contribution in [3.8, 4) is 0 Å². The second-order valence-corrected chi connectivity index (χ2v) is 13.2. The minimum absolute atomic E-state index is 0.0741. The van der Waals surface area contributed by atoms with Gasteiger partial charge in [-0.1, -0.05) is 27.7 Å². The Morgan fingerprint density at radius 1 is 0.686 bits per heavy atom. The van der Waals surface area contributed by atoms with Gasteiger partial charge in [-0.3, -0.25) is 43.2 Å². The molecule has 0 radical (unpaired) electrons. The van der Waals surface area contributed by atoms with Gasteiger partial charge in [-0.2, -0.15) is 0 Å². The molecule has 51 heavy (non-hydrogen) atoms. The van der Waals surface area contributed by atoms with Crippen LogP contribution in [0.3, 0.4) is 0 Å². The SMILES string of the molecule is CC(C)C[C@H](NC(=O)CNC(=O)[C@H](CC(C)C)NC(=O)[C@H](CCC(N)=O)NC(=O)CNC(=O)[C@@H]1C[C@@H](O)CN1)C(=O)N[C@@H](C)C(=O)NCC(=O)O. The van der Waals surface area contributed by atoms with Crippen molar-refractivity contribution in [3.63, 3.8) is 0 Å². The van der Waals surface area contributed by atoms with Gasteiger partial charge < -0.3 is 58.5 Å². The molecule has 0 aromatic rings. The van der Waals surface area contributed by atoms with Crippen LogP contribution in [0, 0.1) is 11.8 Å². The summed E-state index contributed by atoms with van der Waals surface area (Å²) in [4.78, 5) is 111. The lowest BCUT2D eigenvalue weighted by atomic mass is 10.0. The van der Waals surface area contributed by atoms with E-state index in [-0.39, 0.29) is 50.5 Å². The number of carbonyl (C=O) groups is 9. The molecule has 20 nitrogen and oxygen atoms in total. The van der Waals surface area contributed by atoms with E-state index < -0.39 is 109 Å². The number of carbonyl (C=O) groups excluding carboxylic acids is 8. The molecule has 1 fully saturated rings. The summed E-state index contributed by atoms with van der Waals surface area (Å²) in [6.07, 6.45) is -0.737. The average molecular weight is 728 g/mol. The van der Waals surface area contributed by atoms with Crippen LogP contribution >= 0.6 is 0 Å². The fourth-order valence-electron chi connectivity index (χ4n) is 4.92. The van der Waals surface area contributed by atoms with Crippen LogP contribution in [0.2, 0.25) is 0 Å². The van der Waals surface area contributed by atoms with Gasteiger partial charge in [-0.05, 0) is 44.4 Å². The molecule has 0 aliphatic carbocycles. The molecule has 1 heterocycles. The number of primary amides is 1. The van der Waals surface area contributed by atoms with Crippen molar-refractivity contribution in [1.29, 1.82) is 0 Å². The number of rotatable bonds is 22. The highest BCUT2D eigenvalue weighted by Crippen LogP contribution is 2.09. The van der Waals surface area contributed by atoms with Gasteiger partial charge in [0, 0.05) is 13.0 Å². The van der Waals surface area contributed by atoms with Gasteiger partial charge in [-0.15, -0.1) is 0 Å². The van der Waals surface area contributed by atoms with Gasteiger partial charge in [0.2, 0.25) is 47.3 Å². The first kappa shape index (κ1) is 44.2. The molecule has 1 aliphatic rings. The van der Waals surface area contributed by atoms with Crippen LogP contribution in [0.1, 0.15) is 66.7 Å². The van der Waals surface area contributed by atoms with Crippen LogP contribution in [-0.2, 0) is 43.2 Å². The number of carboxylic acid groups (broad SMARTS) is 1. The molecule has 1 saturated heterocycles. The van der Waals surface area contributed by atoms with Gasteiger partial charge in [0.1, 0.15) is 30.7 Å². The van der Waals surface area contributed by atoms with Crippen molar-refractivity contribution < 1.29 is 53.4 Å². The summed E-state index contributed by atoms with van der Waals surface area (Å²) in [6.45, 7) is 6.99. The van der Waals surface area contributed by atoms with E-state index in [0.717, 1.165) is 0 Å². The maximum atomic E-state index is 13.3. The average Bonchev–Trinajstić information content (AvgIpc) is 3.47. The highest BCUT2D eigenvalue weighted by atomic mass is 16.4. The molecular weight excluding hydrogens is 674 g/mol. The molecular formula is C31H53N9O11. The molecule has 0 aromatic heterocycles. The fourth-order valence-corrected chi connectivity index (χ4v) is 4.92. The zero-order chi connectivity index (χ0) is 38.8. The molecule has 20 heteroatoms. The van der Waals surface area contributed by atoms with E-state index in [9.17, 15) is 48.3 Å². The number of nitrogens with one attached hydrogen (secondary N) is 8. The van der Waals surface area contributed by atoms with E-state index in [4.69, 9.17) is 10.8 Å². The van der Waals surface area contributed by atoms with Crippen LogP contribution in [0.5, 0.6) is 0 Å². The monoisotopic (exact) mass is 727 g/mol. The Hall–Kier alpha value is -4.85. The Balaban J connectivity index is 2.87. The normalized spacial score (nSPS) is 17.6. The Kier molecular flexibility index (Phi) is 19.1. The van der Waals surface area contributed by atoms with Gasteiger partial charge in [0.25, 0.3) is 0 Å². The number of β-amino-alcohol motifs (C(OH)–C–C–N with tert-alkyl or cyclic N) is 1. The highest BCUT2D eigenvalue weighted by Gasteiger charge is 2.31. The minimum atomic E-state index is -1.32. The molecule has 0 aromatic carbocycles. The molecule has 0 bridgehead atoms. The van der Waals surface area contributed by atoms with Crippen molar-refractivity contribution in [2.75, 3.05) is 26.2 Å². The second kappa shape index (κ2) is 22.1. The first-order valence-corrected chi connectivity index (χ1v) is 16.7. The lowest BCUT2D eigenvalue weighted by molar-refractivity contribution is -0.138. The van der Waals surface area contributed by atoms with Gasteiger partial charge >= 0.3 is 5.97 Å². The summed E-state index contributed by atoms with van der Waals surface area (Å²) in [7, 11) is 0. The van der Waals surface area contributed by atoms with E-state index >= 15 is 0 Å². The number of aliphatic hydroxyl groups excluding tert-OH is 1. The zero-order valence-electron chi connectivity index (χ0n) is 29.6. The predicted molar refractivity (Wildman–Crippen MR) is 180 cm³/mol. The van der Waals surface area contributed by atoms with Crippen molar-refractivity contribution in [3.05, 3.63) is 0 Å². The number of aliphatic hydroxyl groups is 1. The van der Waals surface area contributed by atoms with E-state index in [1.165, 1.54) is 6.92 Å². The predicted octanol–water partition coefficient (Wildman–Crippen LogP) is -4.54. The van der Waals surface area contributed by atoms with Gasteiger partial charge in [0.15, 0.2) is 0 Å². The minimum Gasteiger partial charge on any atom is -0.480 e. The summed E-state index contributed by atoms with van der Waals surface area (Å²) in [5, 5.41) is 38.0. The summed E-state index contributed by atoms with van der Waals surface area (Å²) >= 11 is 0. The smallest absolute Gasteiger partial charge is 0.322 e. The Morgan fingerprint density at radius 3 is 1.71 bits per heavy atom. The topological polar surface area (TPSA) is 316 Å². The van der Waals surface area contributed by atoms with Crippen molar-refractivity contribution >= 4 is 53.2 Å². The van der Waals surface area contributed by atoms with E-state index in [2.05, 4.69) is 42.5 Å². The summed E-state index contributed by atoms with van der Waals surface area (Å²) < 4.78 is 0. The number of aliphatic carboxylic acids is 1. The standard InChI is InChI=1S/C31H53N9O11/c1-15(2)8-21(40-30(50)19(6-7-23(32)42)38-24(43)12-34-28(48)20-10-18(41)11-33-20)29(49)35-13-25(44)39-22(9-16(3)4)31(51)37-17(5)27(47)36-14-26(45)46/h15-22,33,41H,6-14H2,1-5H3,(H2,32,42)(H,34,48)(H,35,49)(H,36,47)(H,37,51)(H,38,43)(H,39,44)(H,40,50)(H,45,46)/t17-,18+,19-,20-,21-,22-/m0/s1. The quantitative estimate of drug-likeness (QED) is 0.0503. The number of amides is 8. The third-order valence-electron chi connectivity index (χ3n) is 7.47. The lowest BCUT2D eigenvalue weighted by Gasteiger charge is -2.25. The maximum Gasteiger partial charge on any atom is 0.322 e. The van der Waals surface area contributed by atoms with Gasteiger partial charge in [0.05, 0.1) is 25.2 Å². The third kappa shape index (κ3) is 18.1. The van der Waals surface area contributed by atoms with E-state index in [0.29, 0.717) is 0 Å². The summed E-state index contributed by atoms with van der Waals surface area (Å²) in [6, 6.07) is -5.40. The molecule has 12 N–H and O–H groups in total. The molecule has 6 atom stereocenters.